The summed E-state index contributed by atoms with van der Waals surface area (Å²) in [5.74, 6) is -0.449. The summed E-state index contributed by atoms with van der Waals surface area (Å²) in [6.07, 6.45) is -0.741. The second kappa shape index (κ2) is 5.69. The molecule has 0 bridgehead atoms. The minimum atomic E-state index is -0.741. The van der Waals surface area contributed by atoms with Crippen molar-refractivity contribution < 1.29 is 14.6 Å². The molecular formula is C16H13N3O3. The van der Waals surface area contributed by atoms with Crippen molar-refractivity contribution in [2.24, 2.45) is 0 Å². The van der Waals surface area contributed by atoms with Gasteiger partial charge < -0.3 is 9.84 Å². The zero-order chi connectivity index (χ0) is 15.5. The molecule has 22 heavy (non-hydrogen) atoms. The lowest BCUT2D eigenvalue weighted by molar-refractivity contribution is 0.210. The molecule has 0 atom stereocenters. The molecule has 0 unspecified atom stereocenters. The molecule has 0 fully saturated rings. The minimum absolute atomic E-state index is 0.217. The molecule has 110 valence electrons. The van der Waals surface area contributed by atoms with Crippen molar-refractivity contribution in [1.29, 1.82) is 0 Å². The molecule has 1 heterocycles. The van der Waals surface area contributed by atoms with Gasteiger partial charge in [-0.3, -0.25) is 5.32 Å². The first-order chi connectivity index (χ1) is 10.6. The Hall–Kier alpha value is -3.15. The van der Waals surface area contributed by atoms with E-state index >= 15 is 0 Å². The van der Waals surface area contributed by atoms with Crippen LogP contribution in [0.2, 0.25) is 0 Å². The topological polar surface area (TPSA) is 84.3 Å². The van der Waals surface area contributed by atoms with E-state index in [1.807, 2.05) is 19.1 Å². The molecule has 2 N–H and O–H groups in total. The molecule has 0 aliphatic heterocycles. The van der Waals surface area contributed by atoms with Crippen LogP contribution in [0.3, 0.4) is 0 Å². The van der Waals surface area contributed by atoms with Crippen molar-refractivity contribution in [2.75, 3.05) is 5.32 Å². The van der Waals surface area contributed by atoms with Gasteiger partial charge in [-0.05, 0) is 30.7 Å². The number of rotatable bonds is 2. The summed E-state index contributed by atoms with van der Waals surface area (Å²) >= 11 is 0. The highest BCUT2D eigenvalue weighted by Crippen LogP contribution is 2.30. The summed E-state index contributed by atoms with van der Waals surface area (Å²) in [5, 5.41) is 20.8. The Morgan fingerprint density at radius 3 is 2.64 bits per heavy atom. The van der Waals surface area contributed by atoms with Crippen molar-refractivity contribution in [3.05, 3.63) is 54.1 Å². The number of aromatic nitrogens is 2. The van der Waals surface area contributed by atoms with Gasteiger partial charge in [-0.2, -0.15) is 0 Å². The lowest BCUT2D eigenvalue weighted by atomic mass is 10.2. The number of aryl methyl sites for hydroxylation is 1. The van der Waals surface area contributed by atoms with Crippen molar-refractivity contribution >= 4 is 22.7 Å². The number of carbonyl (C=O) groups excluding carboxylic acids is 1. The zero-order valence-corrected chi connectivity index (χ0v) is 11.8. The summed E-state index contributed by atoms with van der Waals surface area (Å²) < 4.78 is 5.04. The Kier molecular flexibility index (Phi) is 3.57. The maximum absolute atomic E-state index is 11.9. The molecule has 0 aliphatic rings. The highest BCUT2D eigenvalue weighted by Gasteiger charge is 2.15. The first-order valence-corrected chi connectivity index (χ1v) is 6.64. The first kappa shape index (κ1) is 13.8. The second-order valence-electron chi connectivity index (χ2n) is 4.70. The van der Waals surface area contributed by atoms with Gasteiger partial charge in [-0.15, -0.1) is 10.2 Å². The number of carbonyl (C=O) groups is 1. The third-order valence-corrected chi connectivity index (χ3v) is 3.18. The average Bonchev–Trinajstić information content (AvgIpc) is 2.53. The quantitative estimate of drug-likeness (QED) is 0.758. The number of amides is 1. The van der Waals surface area contributed by atoms with Crippen LogP contribution in [0.1, 0.15) is 5.56 Å². The van der Waals surface area contributed by atoms with Crippen molar-refractivity contribution in [2.45, 2.75) is 6.92 Å². The van der Waals surface area contributed by atoms with Crippen LogP contribution in [-0.4, -0.2) is 21.4 Å². The molecule has 0 aliphatic carbocycles. The smallest absolute Gasteiger partial charge is 0.418 e. The van der Waals surface area contributed by atoms with Gasteiger partial charge in [0.25, 0.3) is 5.88 Å². The Morgan fingerprint density at radius 1 is 1.09 bits per heavy atom. The number of nitrogens with zero attached hydrogens (tertiary/aromatic N) is 2. The normalized spacial score (nSPS) is 10.4. The maximum atomic E-state index is 11.9. The summed E-state index contributed by atoms with van der Waals surface area (Å²) in [4.78, 5) is 11.9. The predicted molar refractivity (Wildman–Crippen MR) is 82.0 cm³/mol. The van der Waals surface area contributed by atoms with Crippen LogP contribution < -0.4 is 10.1 Å². The number of fused-ring (bicyclic) bond motifs is 1. The fourth-order valence-electron chi connectivity index (χ4n) is 2.03. The summed E-state index contributed by atoms with van der Waals surface area (Å²) in [5.41, 5.74) is 2.04. The molecule has 3 aromatic rings. The van der Waals surface area contributed by atoms with Gasteiger partial charge in [0.05, 0.1) is 5.52 Å². The van der Waals surface area contributed by atoms with Crippen LogP contribution in [0.25, 0.3) is 10.9 Å². The summed E-state index contributed by atoms with van der Waals surface area (Å²) in [7, 11) is 0. The molecule has 0 saturated carbocycles. The Bertz CT molecular complexity index is 849. The SMILES string of the molecule is Cc1ccccc1NC(=O)Oc1nnc2ccccc2c1O. The van der Waals surface area contributed by atoms with Gasteiger partial charge >= 0.3 is 6.09 Å². The highest BCUT2D eigenvalue weighted by molar-refractivity contribution is 5.90. The number of ether oxygens (including phenoxy) is 1. The van der Waals surface area contributed by atoms with E-state index in [1.54, 1.807) is 36.4 Å². The maximum Gasteiger partial charge on any atom is 0.418 e. The van der Waals surface area contributed by atoms with E-state index in [0.29, 0.717) is 16.6 Å². The Balaban J connectivity index is 1.83. The third-order valence-electron chi connectivity index (χ3n) is 3.18. The van der Waals surface area contributed by atoms with E-state index < -0.39 is 6.09 Å². The van der Waals surface area contributed by atoms with E-state index in [2.05, 4.69) is 15.5 Å². The fraction of sp³-hybridized carbons (Fsp3) is 0.0625. The van der Waals surface area contributed by atoms with Crippen LogP contribution in [0.15, 0.2) is 48.5 Å². The van der Waals surface area contributed by atoms with E-state index in [4.69, 9.17) is 4.74 Å². The fourth-order valence-corrected chi connectivity index (χ4v) is 2.03. The van der Waals surface area contributed by atoms with Gasteiger partial charge in [0.2, 0.25) is 0 Å². The molecule has 6 nitrogen and oxygen atoms in total. The largest absolute Gasteiger partial charge is 0.503 e. The van der Waals surface area contributed by atoms with E-state index in [9.17, 15) is 9.90 Å². The molecule has 1 aromatic heterocycles. The van der Waals surface area contributed by atoms with Crippen molar-refractivity contribution in [1.82, 2.24) is 10.2 Å². The number of para-hydroxylation sites is 1. The minimum Gasteiger partial charge on any atom is -0.503 e. The predicted octanol–water partition coefficient (Wildman–Crippen LogP) is 3.25. The number of benzene rings is 2. The lowest BCUT2D eigenvalue weighted by Gasteiger charge is -2.09. The second-order valence-corrected chi connectivity index (χ2v) is 4.70. The molecule has 2 aromatic carbocycles. The van der Waals surface area contributed by atoms with Crippen molar-refractivity contribution in [3.63, 3.8) is 0 Å². The molecule has 1 amide bonds. The van der Waals surface area contributed by atoms with E-state index in [-0.39, 0.29) is 11.6 Å². The zero-order valence-electron chi connectivity index (χ0n) is 11.8. The number of nitrogens with one attached hydrogen (secondary N) is 1. The molecule has 0 spiro atoms. The van der Waals surface area contributed by atoms with Gasteiger partial charge in [0, 0.05) is 11.1 Å². The van der Waals surface area contributed by atoms with Crippen LogP contribution in [0.4, 0.5) is 10.5 Å². The van der Waals surface area contributed by atoms with Gasteiger partial charge in [-0.1, -0.05) is 30.3 Å². The van der Waals surface area contributed by atoms with E-state index in [1.165, 1.54) is 0 Å². The van der Waals surface area contributed by atoms with Gasteiger partial charge in [0.1, 0.15) is 0 Å². The van der Waals surface area contributed by atoms with Crippen LogP contribution >= 0.6 is 0 Å². The van der Waals surface area contributed by atoms with Crippen molar-refractivity contribution in [3.8, 4) is 11.6 Å². The summed E-state index contributed by atoms with van der Waals surface area (Å²) in [6.45, 7) is 1.86. The number of anilines is 1. The van der Waals surface area contributed by atoms with Crippen LogP contribution in [0.5, 0.6) is 11.6 Å². The van der Waals surface area contributed by atoms with Crippen LogP contribution in [-0.2, 0) is 0 Å². The highest BCUT2D eigenvalue weighted by atomic mass is 16.6. The number of aromatic hydroxyl groups is 1. The van der Waals surface area contributed by atoms with Gasteiger partial charge in [0.15, 0.2) is 5.75 Å². The van der Waals surface area contributed by atoms with Crippen LogP contribution in [0, 0.1) is 6.92 Å². The number of hydrogen-bond acceptors (Lipinski definition) is 5. The third kappa shape index (κ3) is 2.67. The Morgan fingerprint density at radius 2 is 1.82 bits per heavy atom. The average molecular weight is 295 g/mol. The number of hydrogen-bond donors (Lipinski definition) is 2. The van der Waals surface area contributed by atoms with Gasteiger partial charge in [-0.25, -0.2) is 4.79 Å². The first-order valence-electron chi connectivity index (χ1n) is 6.64. The molecule has 0 saturated heterocycles. The lowest BCUT2D eigenvalue weighted by Crippen LogP contribution is -2.18. The molecule has 0 radical (unpaired) electrons. The molecule has 6 heteroatoms. The molecule has 3 rings (SSSR count). The monoisotopic (exact) mass is 295 g/mol. The standard InChI is InChI=1S/C16H13N3O3/c1-10-6-2-4-8-12(10)17-16(21)22-15-14(20)11-7-3-5-9-13(11)18-19-15/h2-9H,1H3,(H,17,21)(H,18,20). The molecular weight excluding hydrogens is 282 g/mol. The van der Waals surface area contributed by atoms with E-state index in [0.717, 1.165) is 5.56 Å². The summed E-state index contributed by atoms with van der Waals surface area (Å²) in [6, 6.07) is 14.2. The Labute approximate surface area is 126 Å².